The van der Waals surface area contributed by atoms with Crippen LogP contribution in [0, 0.1) is 5.41 Å². The van der Waals surface area contributed by atoms with E-state index in [0.29, 0.717) is 19.1 Å². The molecule has 0 amide bonds. The van der Waals surface area contributed by atoms with Crippen LogP contribution in [0.15, 0.2) is 0 Å². The van der Waals surface area contributed by atoms with Crippen molar-refractivity contribution in [2.45, 2.75) is 33.1 Å². The molecule has 0 heterocycles. The first-order valence-electron chi connectivity index (χ1n) is 5.31. The largest absolute Gasteiger partial charge is 0.382 e. The summed E-state index contributed by atoms with van der Waals surface area (Å²) in [6.45, 7) is 6.55. The van der Waals surface area contributed by atoms with E-state index in [1.54, 1.807) is 7.11 Å². The molecule has 0 aliphatic rings. The summed E-state index contributed by atoms with van der Waals surface area (Å²) in [5, 5.41) is 0. The van der Waals surface area contributed by atoms with E-state index in [0.717, 1.165) is 13.0 Å². The number of hydrogen-bond donors (Lipinski definition) is 0. The molecule has 1 unspecified atom stereocenters. The summed E-state index contributed by atoms with van der Waals surface area (Å²) in [5.41, 5.74) is 0.239. The van der Waals surface area contributed by atoms with Crippen molar-refractivity contribution in [3.8, 4) is 0 Å². The number of methoxy groups -OCH3 is 1. The molecule has 0 aliphatic heterocycles. The fourth-order valence-corrected chi connectivity index (χ4v) is 1.69. The van der Waals surface area contributed by atoms with Crippen LogP contribution in [0.2, 0.25) is 0 Å². The van der Waals surface area contributed by atoms with Crippen molar-refractivity contribution in [3.63, 3.8) is 0 Å². The van der Waals surface area contributed by atoms with Crippen LogP contribution in [-0.2, 0) is 9.47 Å². The van der Waals surface area contributed by atoms with Crippen LogP contribution < -0.4 is 0 Å². The lowest BCUT2D eigenvalue weighted by Gasteiger charge is -2.26. The smallest absolute Gasteiger partial charge is 0.0700 e. The van der Waals surface area contributed by atoms with Gasteiger partial charge >= 0.3 is 0 Å². The lowest BCUT2D eigenvalue weighted by Crippen LogP contribution is -2.21. The Hall–Kier alpha value is 0.210. The van der Waals surface area contributed by atoms with Gasteiger partial charge in [0.1, 0.15) is 0 Å². The van der Waals surface area contributed by atoms with Crippen LogP contribution in [0.5, 0.6) is 0 Å². The van der Waals surface area contributed by atoms with Crippen molar-refractivity contribution >= 4 is 11.6 Å². The fraction of sp³-hybridized carbons (Fsp3) is 1.00. The first kappa shape index (κ1) is 14.2. The van der Waals surface area contributed by atoms with Crippen LogP contribution in [-0.4, -0.2) is 32.8 Å². The van der Waals surface area contributed by atoms with Crippen molar-refractivity contribution < 1.29 is 9.47 Å². The van der Waals surface area contributed by atoms with Gasteiger partial charge in [0.2, 0.25) is 0 Å². The molecule has 0 bridgehead atoms. The zero-order valence-electron chi connectivity index (χ0n) is 9.64. The Kier molecular flexibility index (Phi) is 8.64. The topological polar surface area (TPSA) is 18.5 Å². The highest BCUT2D eigenvalue weighted by atomic mass is 35.5. The van der Waals surface area contributed by atoms with Gasteiger partial charge in [-0.25, -0.2) is 0 Å². The molecule has 0 aromatic rings. The molecule has 0 aromatic heterocycles. The van der Waals surface area contributed by atoms with Gasteiger partial charge in [0.25, 0.3) is 0 Å². The summed E-state index contributed by atoms with van der Waals surface area (Å²) < 4.78 is 10.3. The summed E-state index contributed by atoms with van der Waals surface area (Å²) in [4.78, 5) is 0. The molecule has 3 heteroatoms. The van der Waals surface area contributed by atoms with E-state index < -0.39 is 0 Å². The molecule has 0 radical (unpaired) electrons. The van der Waals surface area contributed by atoms with E-state index in [1.807, 2.05) is 0 Å². The second-order valence-corrected chi connectivity index (χ2v) is 4.32. The summed E-state index contributed by atoms with van der Waals surface area (Å²) in [7, 11) is 1.68. The molecule has 0 spiro atoms. The van der Waals surface area contributed by atoms with E-state index in [-0.39, 0.29) is 5.41 Å². The van der Waals surface area contributed by atoms with Gasteiger partial charge in [-0.3, -0.25) is 0 Å². The third-order valence-electron chi connectivity index (χ3n) is 2.46. The maximum absolute atomic E-state index is 5.95. The van der Waals surface area contributed by atoms with Gasteiger partial charge in [-0.2, -0.15) is 0 Å². The predicted octanol–water partition coefficient (Wildman–Crippen LogP) is 3.08. The Labute approximate surface area is 92.9 Å². The Morgan fingerprint density at radius 2 is 1.86 bits per heavy atom. The van der Waals surface area contributed by atoms with Crippen LogP contribution in [0.25, 0.3) is 0 Å². The molecule has 0 aliphatic carbocycles. The SMILES string of the molecule is CCCC(C)(CCl)CCOCCOC. The molecular formula is C11H23ClO2. The van der Waals surface area contributed by atoms with E-state index in [9.17, 15) is 0 Å². The molecular weight excluding hydrogens is 200 g/mol. The van der Waals surface area contributed by atoms with Gasteiger partial charge < -0.3 is 9.47 Å². The van der Waals surface area contributed by atoms with Gasteiger partial charge in [0, 0.05) is 19.6 Å². The number of hydrogen-bond acceptors (Lipinski definition) is 2. The number of ether oxygens (including phenoxy) is 2. The highest BCUT2D eigenvalue weighted by Crippen LogP contribution is 2.28. The van der Waals surface area contributed by atoms with Gasteiger partial charge in [-0.1, -0.05) is 20.3 Å². The lowest BCUT2D eigenvalue weighted by molar-refractivity contribution is 0.0551. The van der Waals surface area contributed by atoms with Gasteiger partial charge in [-0.15, -0.1) is 11.6 Å². The first-order valence-corrected chi connectivity index (χ1v) is 5.84. The standard InChI is InChI=1S/C11H23ClO2/c1-4-5-11(2,10-12)6-7-14-9-8-13-3/h4-10H2,1-3H3. The lowest BCUT2D eigenvalue weighted by atomic mass is 9.85. The summed E-state index contributed by atoms with van der Waals surface area (Å²) >= 11 is 5.95. The van der Waals surface area contributed by atoms with Gasteiger partial charge in [-0.05, 0) is 18.3 Å². The molecule has 0 saturated heterocycles. The minimum Gasteiger partial charge on any atom is -0.382 e. The Morgan fingerprint density at radius 1 is 1.14 bits per heavy atom. The van der Waals surface area contributed by atoms with Gasteiger partial charge in [0.15, 0.2) is 0 Å². The van der Waals surface area contributed by atoms with E-state index in [1.165, 1.54) is 12.8 Å². The Bertz CT molecular complexity index is 130. The van der Waals surface area contributed by atoms with Crippen molar-refractivity contribution in [1.29, 1.82) is 0 Å². The number of rotatable bonds is 9. The van der Waals surface area contributed by atoms with Crippen LogP contribution in [0.1, 0.15) is 33.1 Å². The first-order chi connectivity index (χ1) is 6.68. The molecule has 0 saturated carbocycles. The minimum absolute atomic E-state index is 0.239. The second-order valence-electron chi connectivity index (χ2n) is 4.05. The average Bonchev–Trinajstić information content (AvgIpc) is 2.18. The van der Waals surface area contributed by atoms with Crippen molar-refractivity contribution in [2.75, 3.05) is 32.8 Å². The molecule has 0 rings (SSSR count). The van der Waals surface area contributed by atoms with E-state index in [2.05, 4.69) is 13.8 Å². The zero-order chi connectivity index (χ0) is 10.9. The molecule has 86 valence electrons. The van der Waals surface area contributed by atoms with Crippen LogP contribution >= 0.6 is 11.6 Å². The third kappa shape index (κ3) is 6.63. The normalized spacial score (nSPS) is 15.4. The van der Waals surface area contributed by atoms with Crippen molar-refractivity contribution in [1.82, 2.24) is 0 Å². The summed E-state index contributed by atoms with van der Waals surface area (Å²) in [5.74, 6) is 0.717. The molecule has 0 aromatic carbocycles. The van der Waals surface area contributed by atoms with E-state index in [4.69, 9.17) is 21.1 Å². The quantitative estimate of drug-likeness (QED) is 0.441. The Balaban J connectivity index is 3.51. The molecule has 2 nitrogen and oxygen atoms in total. The van der Waals surface area contributed by atoms with Crippen LogP contribution in [0.4, 0.5) is 0 Å². The van der Waals surface area contributed by atoms with Gasteiger partial charge in [0.05, 0.1) is 13.2 Å². The molecule has 0 fully saturated rings. The zero-order valence-corrected chi connectivity index (χ0v) is 10.4. The fourth-order valence-electron chi connectivity index (χ4n) is 1.43. The van der Waals surface area contributed by atoms with Crippen molar-refractivity contribution in [3.05, 3.63) is 0 Å². The summed E-state index contributed by atoms with van der Waals surface area (Å²) in [6, 6.07) is 0. The van der Waals surface area contributed by atoms with E-state index >= 15 is 0 Å². The monoisotopic (exact) mass is 222 g/mol. The maximum atomic E-state index is 5.95. The highest BCUT2D eigenvalue weighted by Gasteiger charge is 2.21. The predicted molar refractivity (Wildman–Crippen MR) is 61.0 cm³/mol. The maximum Gasteiger partial charge on any atom is 0.0700 e. The minimum atomic E-state index is 0.239. The molecule has 14 heavy (non-hydrogen) atoms. The Morgan fingerprint density at radius 3 is 2.36 bits per heavy atom. The van der Waals surface area contributed by atoms with Crippen molar-refractivity contribution in [2.24, 2.45) is 5.41 Å². The average molecular weight is 223 g/mol. The number of halogens is 1. The third-order valence-corrected chi connectivity index (χ3v) is 3.10. The summed E-state index contributed by atoms with van der Waals surface area (Å²) in [6.07, 6.45) is 3.39. The second kappa shape index (κ2) is 8.51. The van der Waals surface area contributed by atoms with Crippen LogP contribution in [0.3, 0.4) is 0 Å². The molecule has 0 N–H and O–H groups in total. The number of alkyl halides is 1. The highest BCUT2D eigenvalue weighted by molar-refractivity contribution is 6.18. The molecule has 1 atom stereocenters.